The Balaban J connectivity index is 2.12. The van der Waals surface area contributed by atoms with Gasteiger partial charge in [-0.25, -0.2) is 0 Å². The third-order valence-electron chi connectivity index (χ3n) is 7.47. The number of hydrogen-bond donors (Lipinski definition) is 0. The normalized spacial score (nSPS) is 12.5. The first-order chi connectivity index (χ1) is 17.0. The minimum Gasteiger partial charge on any atom is -0.103 e. The molecule has 1 unspecified atom stereocenters. The summed E-state index contributed by atoms with van der Waals surface area (Å²) in [6.07, 6.45) is 5.68. The van der Waals surface area contributed by atoms with Crippen molar-refractivity contribution in [1.82, 2.24) is 0 Å². The maximum atomic E-state index is 4.06. The van der Waals surface area contributed by atoms with Gasteiger partial charge < -0.3 is 0 Å². The van der Waals surface area contributed by atoms with E-state index in [9.17, 15) is 0 Å². The SMILES string of the molecule is C=CCC(C)C=C([Si](C)(c1ccccc1)c1ccccc1)[Si](C)(c1ccccc1)c1ccccc1. The highest BCUT2D eigenvalue weighted by molar-refractivity contribution is 7.24. The predicted octanol–water partition coefficient (Wildman–Crippen LogP) is 5.99. The topological polar surface area (TPSA) is 0 Å². The van der Waals surface area contributed by atoms with Gasteiger partial charge in [-0.05, 0) is 12.3 Å². The second kappa shape index (κ2) is 11.0. The van der Waals surface area contributed by atoms with Gasteiger partial charge in [-0.2, -0.15) is 0 Å². The van der Waals surface area contributed by atoms with Gasteiger partial charge >= 0.3 is 0 Å². The standard InChI is InChI=1S/C33H36Si2/c1-5-18-28(2)27-33(34(3,29-19-10-6-11-20-29)30-21-12-7-13-22-30)35(4,31-23-14-8-15-24-31)32-25-16-9-17-26-32/h5-17,19-28H,1,18H2,2-4H3. The fourth-order valence-electron chi connectivity index (χ4n) is 5.49. The average molecular weight is 489 g/mol. The quantitative estimate of drug-likeness (QED) is 0.201. The third-order valence-corrected chi connectivity index (χ3v) is 18.9. The maximum absolute atomic E-state index is 4.06. The molecule has 35 heavy (non-hydrogen) atoms. The minimum atomic E-state index is -2.34. The van der Waals surface area contributed by atoms with Crippen LogP contribution in [0.5, 0.6) is 0 Å². The molecule has 4 aromatic rings. The smallest absolute Gasteiger partial charge is 0.103 e. The molecule has 0 spiro atoms. The van der Waals surface area contributed by atoms with Crippen molar-refractivity contribution < 1.29 is 0 Å². The molecule has 0 aliphatic carbocycles. The van der Waals surface area contributed by atoms with Crippen LogP contribution in [0.4, 0.5) is 0 Å². The second-order valence-electron chi connectivity index (χ2n) is 9.80. The maximum Gasteiger partial charge on any atom is 0.138 e. The van der Waals surface area contributed by atoms with Crippen LogP contribution in [0.2, 0.25) is 13.1 Å². The lowest BCUT2D eigenvalue weighted by Gasteiger charge is -2.43. The fraction of sp³-hybridized carbons (Fsp3) is 0.152. The Morgan fingerprint density at radius 2 is 0.886 bits per heavy atom. The Bertz CT molecular complexity index is 1080. The van der Waals surface area contributed by atoms with Crippen molar-refractivity contribution >= 4 is 36.9 Å². The van der Waals surface area contributed by atoms with Gasteiger partial charge in [0.25, 0.3) is 0 Å². The highest BCUT2D eigenvalue weighted by Crippen LogP contribution is 2.29. The molecule has 0 saturated carbocycles. The van der Waals surface area contributed by atoms with Crippen molar-refractivity contribution in [2.75, 3.05) is 0 Å². The molecule has 0 N–H and O–H groups in total. The molecular weight excluding hydrogens is 453 g/mol. The molecule has 0 fully saturated rings. The van der Waals surface area contributed by atoms with Crippen LogP contribution in [0.1, 0.15) is 13.3 Å². The zero-order valence-corrected chi connectivity index (χ0v) is 23.2. The van der Waals surface area contributed by atoms with Crippen LogP contribution in [0.15, 0.2) is 145 Å². The molecule has 2 heteroatoms. The molecule has 0 bridgehead atoms. The molecule has 0 aliphatic rings. The molecule has 0 amide bonds. The Morgan fingerprint density at radius 1 is 0.600 bits per heavy atom. The summed E-state index contributed by atoms with van der Waals surface area (Å²) in [5.74, 6) is 0.418. The minimum absolute atomic E-state index is 0.418. The summed E-state index contributed by atoms with van der Waals surface area (Å²) in [6.45, 7) is 11.5. The van der Waals surface area contributed by atoms with Crippen LogP contribution in [-0.4, -0.2) is 16.1 Å². The molecule has 4 aromatic carbocycles. The van der Waals surface area contributed by atoms with Crippen molar-refractivity contribution in [2.24, 2.45) is 5.92 Å². The van der Waals surface area contributed by atoms with Gasteiger partial charge in [0.15, 0.2) is 0 Å². The van der Waals surface area contributed by atoms with Gasteiger partial charge in [-0.1, -0.05) is 179 Å². The summed E-state index contributed by atoms with van der Waals surface area (Å²) in [6, 6.07) is 45.1. The number of hydrogen-bond acceptors (Lipinski definition) is 0. The van der Waals surface area contributed by atoms with Crippen LogP contribution in [0.3, 0.4) is 0 Å². The average Bonchev–Trinajstić information content (AvgIpc) is 2.93. The van der Waals surface area contributed by atoms with Crippen molar-refractivity contribution in [3.8, 4) is 0 Å². The van der Waals surface area contributed by atoms with Crippen LogP contribution in [-0.2, 0) is 0 Å². The van der Waals surface area contributed by atoms with Gasteiger partial charge in [0, 0.05) is 0 Å². The Morgan fingerprint density at radius 3 is 1.14 bits per heavy atom. The summed E-state index contributed by atoms with van der Waals surface area (Å²) in [5.41, 5.74) is 0. The van der Waals surface area contributed by atoms with E-state index in [1.165, 1.54) is 20.7 Å². The van der Waals surface area contributed by atoms with E-state index in [1.807, 2.05) is 0 Å². The van der Waals surface area contributed by atoms with E-state index in [4.69, 9.17) is 0 Å². The molecule has 1 atom stereocenters. The summed E-state index contributed by atoms with van der Waals surface area (Å²) in [4.78, 5) is 1.66. The summed E-state index contributed by atoms with van der Waals surface area (Å²) < 4.78 is 0. The van der Waals surface area contributed by atoms with Crippen LogP contribution in [0.25, 0.3) is 0 Å². The zero-order valence-electron chi connectivity index (χ0n) is 21.2. The lowest BCUT2D eigenvalue weighted by Crippen LogP contribution is -2.70. The van der Waals surface area contributed by atoms with Crippen molar-refractivity contribution in [1.29, 1.82) is 0 Å². The molecule has 0 aliphatic heterocycles. The Hall–Kier alpha value is -3.21. The van der Waals surface area contributed by atoms with Crippen molar-refractivity contribution in [2.45, 2.75) is 26.4 Å². The summed E-state index contributed by atoms with van der Waals surface area (Å²) in [7, 11) is -4.67. The predicted molar refractivity (Wildman–Crippen MR) is 160 cm³/mol. The van der Waals surface area contributed by atoms with E-state index in [2.05, 4.69) is 160 Å². The highest BCUT2D eigenvalue weighted by atomic mass is 28.4. The van der Waals surface area contributed by atoms with E-state index >= 15 is 0 Å². The Kier molecular flexibility index (Phi) is 7.84. The van der Waals surface area contributed by atoms with E-state index in [1.54, 1.807) is 4.82 Å². The first-order valence-corrected chi connectivity index (χ1v) is 17.6. The van der Waals surface area contributed by atoms with Gasteiger partial charge in [0.2, 0.25) is 0 Å². The molecular formula is C33H36Si2. The van der Waals surface area contributed by atoms with Gasteiger partial charge in [-0.15, -0.1) is 6.58 Å². The van der Waals surface area contributed by atoms with Crippen molar-refractivity contribution in [3.05, 3.63) is 145 Å². The van der Waals surface area contributed by atoms with Gasteiger partial charge in [-0.3, -0.25) is 0 Å². The van der Waals surface area contributed by atoms with E-state index in [0.29, 0.717) is 5.92 Å². The molecule has 0 radical (unpaired) electrons. The molecule has 0 heterocycles. The van der Waals surface area contributed by atoms with Gasteiger partial charge in [0.1, 0.15) is 16.1 Å². The van der Waals surface area contributed by atoms with Crippen LogP contribution < -0.4 is 20.7 Å². The molecule has 176 valence electrons. The number of allylic oxidation sites excluding steroid dienone is 2. The summed E-state index contributed by atoms with van der Waals surface area (Å²) in [5, 5.41) is 5.87. The highest BCUT2D eigenvalue weighted by Gasteiger charge is 2.48. The summed E-state index contributed by atoms with van der Waals surface area (Å²) >= 11 is 0. The largest absolute Gasteiger partial charge is 0.138 e. The lowest BCUT2D eigenvalue weighted by atomic mass is 10.1. The number of benzene rings is 4. The van der Waals surface area contributed by atoms with Crippen LogP contribution >= 0.6 is 0 Å². The molecule has 0 aromatic heterocycles. The first kappa shape index (κ1) is 24.9. The molecule has 0 nitrogen and oxygen atoms in total. The monoisotopic (exact) mass is 488 g/mol. The zero-order chi connectivity index (χ0) is 24.7. The van der Waals surface area contributed by atoms with E-state index in [0.717, 1.165) is 6.42 Å². The second-order valence-corrected chi connectivity index (χ2v) is 18.2. The van der Waals surface area contributed by atoms with E-state index < -0.39 is 16.1 Å². The fourth-order valence-corrected chi connectivity index (χ4v) is 17.8. The lowest BCUT2D eigenvalue weighted by molar-refractivity contribution is 0.745. The number of rotatable bonds is 9. The van der Waals surface area contributed by atoms with E-state index in [-0.39, 0.29) is 0 Å². The molecule has 4 rings (SSSR count). The van der Waals surface area contributed by atoms with Gasteiger partial charge in [0.05, 0.1) is 0 Å². The molecule has 0 saturated heterocycles. The van der Waals surface area contributed by atoms with Crippen LogP contribution in [0, 0.1) is 5.92 Å². The first-order valence-electron chi connectivity index (χ1n) is 12.6. The third kappa shape index (κ3) is 4.95. The van der Waals surface area contributed by atoms with Crippen molar-refractivity contribution in [3.63, 3.8) is 0 Å². The Labute approximate surface area is 213 Å².